The second-order valence-electron chi connectivity index (χ2n) is 5.26. The van der Waals surface area contributed by atoms with Gasteiger partial charge < -0.3 is 14.9 Å². The van der Waals surface area contributed by atoms with E-state index in [9.17, 15) is 5.11 Å². The normalized spacial score (nSPS) is 18.8. The lowest BCUT2D eigenvalue weighted by Crippen LogP contribution is -2.43. The molecular weight excluding hydrogens is 248 g/mol. The molecule has 1 fully saturated rings. The van der Waals surface area contributed by atoms with Crippen molar-refractivity contribution in [3.8, 4) is 5.75 Å². The summed E-state index contributed by atoms with van der Waals surface area (Å²) in [6, 6.07) is 5.78. The van der Waals surface area contributed by atoms with Crippen LogP contribution in [0.1, 0.15) is 31.4 Å². The molecule has 0 aromatic heterocycles. The van der Waals surface area contributed by atoms with E-state index in [0.29, 0.717) is 5.75 Å². The van der Waals surface area contributed by atoms with E-state index in [0.717, 1.165) is 39.0 Å². The topological polar surface area (TPSA) is 26.7 Å². The third kappa shape index (κ3) is 3.15. The fourth-order valence-corrected chi connectivity index (χ4v) is 2.84. The lowest BCUT2D eigenvalue weighted by Gasteiger charge is -2.37. The van der Waals surface area contributed by atoms with E-state index in [2.05, 4.69) is 29.0 Å². The van der Waals surface area contributed by atoms with Gasteiger partial charge in [0.15, 0.2) is 0 Å². The van der Waals surface area contributed by atoms with Crippen LogP contribution in [0.15, 0.2) is 24.3 Å². The molecule has 3 rings (SSSR count). The number of aromatic hydroxyl groups is 1. The van der Waals surface area contributed by atoms with E-state index >= 15 is 0 Å². The molecule has 1 aliphatic carbocycles. The first kappa shape index (κ1) is 14.9. The maximum atomic E-state index is 9.69. The molecule has 1 aromatic rings. The van der Waals surface area contributed by atoms with Crippen molar-refractivity contribution in [1.29, 1.82) is 0 Å². The Kier molecular flexibility index (Phi) is 5.07. The van der Waals surface area contributed by atoms with Gasteiger partial charge in [0.05, 0.1) is 0 Å². The van der Waals surface area contributed by atoms with Crippen LogP contribution in [0.4, 0.5) is 0 Å². The number of rotatable bonds is 1. The zero-order valence-corrected chi connectivity index (χ0v) is 12.9. The summed E-state index contributed by atoms with van der Waals surface area (Å²) in [6.45, 7) is 8.39. The first-order chi connectivity index (χ1) is 9.74. The molecule has 0 bridgehead atoms. The second kappa shape index (κ2) is 6.80. The summed E-state index contributed by atoms with van der Waals surface area (Å²) in [5.41, 5.74) is 3.91. The van der Waals surface area contributed by atoms with Crippen LogP contribution in [0.5, 0.6) is 5.75 Å². The largest absolute Gasteiger partial charge is 0.508 e. The van der Waals surface area contributed by atoms with E-state index < -0.39 is 0 Å². The summed E-state index contributed by atoms with van der Waals surface area (Å²) in [6.07, 6.45) is 4.53. The zero-order chi connectivity index (χ0) is 14.5. The molecule has 20 heavy (non-hydrogen) atoms. The molecule has 0 atom stereocenters. The number of benzene rings is 1. The number of phenols is 1. The Balaban J connectivity index is 0.000000704. The Morgan fingerprint density at radius 1 is 1.05 bits per heavy atom. The Morgan fingerprint density at radius 3 is 2.45 bits per heavy atom. The second-order valence-corrected chi connectivity index (χ2v) is 5.26. The quantitative estimate of drug-likeness (QED) is 0.853. The highest BCUT2D eigenvalue weighted by Gasteiger charge is 2.21. The summed E-state index contributed by atoms with van der Waals surface area (Å²) >= 11 is 0. The van der Waals surface area contributed by atoms with Gasteiger partial charge in [-0.3, -0.25) is 0 Å². The molecule has 1 aliphatic heterocycles. The Hall–Kier alpha value is -1.48. The van der Waals surface area contributed by atoms with Crippen LogP contribution in [0, 0.1) is 0 Å². The number of piperazine rings is 1. The van der Waals surface area contributed by atoms with Gasteiger partial charge in [-0.15, -0.1) is 0 Å². The number of likely N-dealkylation sites (N-methyl/N-ethyl adjacent to an activating group) is 1. The molecule has 1 N–H and O–H groups in total. The number of hydrogen-bond acceptors (Lipinski definition) is 3. The maximum Gasteiger partial charge on any atom is 0.116 e. The third-order valence-corrected chi connectivity index (χ3v) is 3.96. The average molecular weight is 274 g/mol. The van der Waals surface area contributed by atoms with Gasteiger partial charge in [0, 0.05) is 37.4 Å². The van der Waals surface area contributed by atoms with Gasteiger partial charge in [0.1, 0.15) is 5.75 Å². The smallest absolute Gasteiger partial charge is 0.116 e. The minimum atomic E-state index is 0.371. The Labute approximate surface area is 122 Å². The Morgan fingerprint density at radius 2 is 1.75 bits per heavy atom. The molecule has 3 nitrogen and oxygen atoms in total. The van der Waals surface area contributed by atoms with Crippen molar-refractivity contribution in [3.05, 3.63) is 35.4 Å². The molecule has 1 heterocycles. The van der Waals surface area contributed by atoms with E-state index in [-0.39, 0.29) is 0 Å². The predicted molar refractivity (Wildman–Crippen MR) is 84.8 cm³/mol. The third-order valence-electron chi connectivity index (χ3n) is 3.96. The summed E-state index contributed by atoms with van der Waals surface area (Å²) in [7, 11) is 2.17. The van der Waals surface area contributed by atoms with Gasteiger partial charge >= 0.3 is 0 Å². The van der Waals surface area contributed by atoms with Crippen molar-refractivity contribution >= 4 is 5.70 Å². The first-order valence-electron chi connectivity index (χ1n) is 7.70. The molecular formula is C17H26N2O. The van der Waals surface area contributed by atoms with Crippen molar-refractivity contribution in [1.82, 2.24) is 9.80 Å². The van der Waals surface area contributed by atoms with E-state index in [1.54, 1.807) is 6.07 Å². The van der Waals surface area contributed by atoms with Crippen LogP contribution in [0.25, 0.3) is 5.70 Å². The SMILES string of the molecule is CC.CN1CCN(C2=CCCc3ccc(O)cc32)CC1. The maximum absolute atomic E-state index is 9.69. The molecule has 0 saturated carbocycles. The van der Waals surface area contributed by atoms with Crippen LogP contribution < -0.4 is 0 Å². The van der Waals surface area contributed by atoms with Crippen molar-refractivity contribution < 1.29 is 5.11 Å². The molecule has 110 valence electrons. The van der Waals surface area contributed by atoms with Gasteiger partial charge in [-0.05, 0) is 37.6 Å². The van der Waals surface area contributed by atoms with Gasteiger partial charge in [-0.2, -0.15) is 0 Å². The van der Waals surface area contributed by atoms with Crippen molar-refractivity contribution in [3.63, 3.8) is 0 Å². The van der Waals surface area contributed by atoms with Gasteiger partial charge in [-0.25, -0.2) is 0 Å². The fraction of sp³-hybridized carbons (Fsp3) is 0.529. The monoisotopic (exact) mass is 274 g/mol. The van der Waals surface area contributed by atoms with Crippen LogP contribution >= 0.6 is 0 Å². The van der Waals surface area contributed by atoms with Crippen molar-refractivity contribution in [2.24, 2.45) is 0 Å². The zero-order valence-electron chi connectivity index (χ0n) is 12.9. The van der Waals surface area contributed by atoms with E-state index in [4.69, 9.17) is 0 Å². The van der Waals surface area contributed by atoms with Gasteiger partial charge in [0.25, 0.3) is 0 Å². The standard InChI is InChI=1S/C15H20N2O.C2H6/c1-16-7-9-17(10-8-16)15-4-2-3-12-5-6-13(18)11-14(12)15;1-2/h4-6,11,18H,2-3,7-10H2,1H3;1-2H3. The highest BCUT2D eigenvalue weighted by molar-refractivity contribution is 5.70. The molecule has 1 aromatic carbocycles. The predicted octanol–water partition coefficient (Wildman–Crippen LogP) is 2.95. The molecule has 0 amide bonds. The first-order valence-corrected chi connectivity index (χ1v) is 7.70. The summed E-state index contributed by atoms with van der Waals surface area (Å²) < 4.78 is 0. The molecule has 1 saturated heterocycles. The number of hydrogen-bond donors (Lipinski definition) is 1. The molecule has 0 unspecified atom stereocenters. The van der Waals surface area contributed by atoms with E-state index in [1.807, 2.05) is 19.9 Å². The minimum Gasteiger partial charge on any atom is -0.508 e. The molecule has 3 heteroatoms. The number of phenolic OH excluding ortho intramolecular Hbond substituents is 1. The number of fused-ring (bicyclic) bond motifs is 1. The summed E-state index contributed by atoms with van der Waals surface area (Å²) in [5, 5.41) is 9.69. The van der Waals surface area contributed by atoms with Gasteiger partial charge in [0.2, 0.25) is 0 Å². The number of allylic oxidation sites excluding steroid dienone is 1. The Bertz CT molecular complexity index is 474. The molecule has 0 spiro atoms. The van der Waals surface area contributed by atoms with Crippen molar-refractivity contribution in [2.45, 2.75) is 26.7 Å². The van der Waals surface area contributed by atoms with Crippen LogP contribution in [-0.4, -0.2) is 48.1 Å². The number of aryl methyl sites for hydroxylation is 1. The summed E-state index contributed by atoms with van der Waals surface area (Å²) in [4.78, 5) is 4.82. The van der Waals surface area contributed by atoms with Crippen LogP contribution in [0.3, 0.4) is 0 Å². The highest BCUT2D eigenvalue weighted by Crippen LogP contribution is 2.32. The lowest BCUT2D eigenvalue weighted by atomic mass is 9.93. The molecule has 0 radical (unpaired) electrons. The van der Waals surface area contributed by atoms with Crippen molar-refractivity contribution in [2.75, 3.05) is 33.2 Å². The highest BCUT2D eigenvalue weighted by atomic mass is 16.3. The average Bonchev–Trinajstić information content (AvgIpc) is 2.49. The minimum absolute atomic E-state index is 0.371. The van der Waals surface area contributed by atoms with Crippen LogP contribution in [0.2, 0.25) is 0 Å². The number of nitrogens with zero attached hydrogens (tertiary/aromatic N) is 2. The summed E-state index contributed by atoms with van der Waals surface area (Å²) in [5.74, 6) is 0.371. The van der Waals surface area contributed by atoms with Crippen LogP contribution in [-0.2, 0) is 6.42 Å². The van der Waals surface area contributed by atoms with Gasteiger partial charge in [-0.1, -0.05) is 26.0 Å². The molecule has 2 aliphatic rings. The lowest BCUT2D eigenvalue weighted by molar-refractivity contribution is 0.206. The van der Waals surface area contributed by atoms with E-state index in [1.165, 1.54) is 16.8 Å². The fourth-order valence-electron chi connectivity index (χ4n) is 2.84.